The fraction of sp³-hybridized carbons (Fsp3) is 0.194. The molecule has 0 radical (unpaired) electrons. The van der Waals surface area contributed by atoms with Crippen LogP contribution in [0, 0.1) is 6.92 Å². The van der Waals surface area contributed by atoms with Gasteiger partial charge in [0.1, 0.15) is 29.4 Å². The summed E-state index contributed by atoms with van der Waals surface area (Å²) in [5.74, 6) is 2.35. The van der Waals surface area contributed by atoms with Gasteiger partial charge >= 0.3 is 0 Å². The maximum absolute atomic E-state index is 13.6. The van der Waals surface area contributed by atoms with Gasteiger partial charge in [-0.3, -0.25) is 9.36 Å². The molecule has 0 unspecified atom stereocenters. The number of halogens is 1. The predicted molar refractivity (Wildman–Crippen MR) is 152 cm³/mol. The third-order valence-corrected chi connectivity index (χ3v) is 6.83. The monoisotopic (exact) mass is 541 g/mol. The van der Waals surface area contributed by atoms with Crippen molar-refractivity contribution in [3.8, 4) is 17.2 Å². The molecule has 0 saturated carbocycles. The molecule has 39 heavy (non-hydrogen) atoms. The van der Waals surface area contributed by atoms with Crippen LogP contribution in [0.2, 0.25) is 5.15 Å². The highest BCUT2D eigenvalue weighted by Crippen LogP contribution is 2.26. The van der Waals surface area contributed by atoms with Gasteiger partial charge in [-0.1, -0.05) is 53.6 Å². The van der Waals surface area contributed by atoms with Gasteiger partial charge in [0.05, 0.1) is 26.2 Å². The van der Waals surface area contributed by atoms with Crippen molar-refractivity contribution in [2.24, 2.45) is 0 Å². The number of aromatic nitrogens is 3. The van der Waals surface area contributed by atoms with Gasteiger partial charge in [0.15, 0.2) is 11.0 Å². The van der Waals surface area contributed by atoms with Gasteiger partial charge in [-0.2, -0.15) is 0 Å². The molecule has 0 N–H and O–H groups in total. The van der Waals surface area contributed by atoms with Gasteiger partial charge in [-0.25, -0.2) is 9.97 Å². The average molecular weight is 542 g/mol. The lowest BCUT2D eigenvalue weighted by atomic mass is 10.0. The molecule has 7 nitrogen and oxygen atoms in total. The minimum atomic E-state index is -0.241. The van der Waals surface area contributed by atoms with E-state index in [0.717, 1.165) is 12.0 Å². The summed E-state index contributed by atoms with van der Waals surface area (Å²) in [6.45, 7) is 2.37. The number of benzene rings is 3. The highest BCUT2D eigenvalue weighted by molar-refractivity contribution is 6.33. The Morgan fingerprint density at radius 1 is 0.872 bits per heavy atom. The summed E-state index contributed by atoms with van der Waals surface area (Å²) in [5, 5.41) is 0.548. The zero-order valence-electron chi connectivity index (χ0n) is 22.0. The largest absolute Gasteiger partial charge is 0.497 e. The van der Waals surface area contributed by atoms with Crippen LogP contribution in [0.4, 0.5) is 0 Å². The number of ether oxygens (including phenoxy) is 3. The summed E-state index contributed by atoms with van der Waals surface area (Å²) in [5.41, 5.74) is 4.56. The van der Waals surface area contributed by atoms with Crippen molar-refractivity contribution >= 4 is 22.5 Å². The van der Waals surface area contributed by atoms with Crippen LogP contribution in [-0.2, 0) is 19.6 Å². The first-order chi connectivity index (χ1) is 18.9. The first-order valence-corrected chi connectivity index (χ1v) is 12.8. The Morgan fingerprint density at radius 2 is 1.56 bits per heavy atom. The second kappa shape index (κ2) is 11.6. The number of hydrogen-bond donors (Lipinski definition) is 0. The fourth-order valence-corrected chi connectivity index (χ4v) is 4.58. The lowest BCUT2D eigenvalue weighted by Crippen LogP contribution is -2.27. The van der Waals surface area contributed by atoms with Crippen LogP contribution >= 0.6 is 11.6 Å². The zero-order chi connectivity index (χ0) is 27.4. The first kappa shape index (κ1) is 26.3. The molecule has 0 saturated heterocycles. The summed E-state index contributed by atoms with van der Waals surface area (Å²) in [6.07, 6.45) is 2.34. The van der Waals surface area contributed by atoms with E-state index in [2.05, 4.69) is 36.2 Å². The number of fused-ring (bicyclic) bond motifs is 1. The van der Waals surface area contributed by atoms with Gasteiger partial charge < -0.3 is 14.2 Å². The van der Waals surface area contributed by atoms with Crippen molar-refractivity contribution in [3.05, 3.63) is 123 Å². The smallest absolute Gasteiger partial charge is 0.261 e. The van der Waals surface area contributed by atoms with Crippen molar-refractivity contribution in [1.29, 1.82) is 0 Å². The number of hydrogen-bond acceptors (Lipinski definition) is 6. The maximum atomic E-state index is 13.6. The van der Waals surface area contributed by atoms with Gasteiger partial charge in [-0.15, -0.1) is 0 Å². The van der Waals surface area contributed by atoms with Crippen molar-refractivity contribution in [3.63, 3.8) is 0 Å². The van der Waals surface area contributed by atoms with E-state index in [1.165, 1.54) is 22.9 Å². The summed E-state index contributed by atoms with van der Waals surface area (Å²) >= 11 is 6.31. The molecule has 0 fully saturated rings. The number of methoxy groups -OCH3 is 2. The molecule has 2 aromatic heterocycles. The van der Waals surface area contributed by atoms with Crippen LogP contribution in [0.15, 0.2) is 83.8 Å². The van der Waals surface area contributed by atoms with E-state index >= 15 is 0 Å². The third kappa shape index (κ3) is 5.89. The van der Waals surface area contributed by atoms with E-state index in [1.54, 1.807) is 30.9 Å². The summed E-state index contributed by atoms with van der Waals surface area (Å²) in [6, 6.07) is 23.5. The molecule has 5 aromatic rings. The first-order valence-electron chi connectivity index (χ1n) is 12.5. The molecule has 0 aliphatic heterocycles. The summed E-state index contributed by atoms with van der Waals surface area (Å²) in [7, 11) is 3.17. The molecule has 2 heterocycles. The van der Waals surface area contributed by atoms with Crippen LogP contribution in [0.3, 0.4) is 0 Å². The van der Waals surface area contributed by atoms with Crippen LogP contribution in [0.1, 0.15) is 28.1 Å². The Kier molecular flexibility index (Phi) is 7.79. The Balaban J connectivity index is 1.43. The van der Waals surface area contributed by atoms with E-state index in [1.807, 2.05) is 36.4 Å². The number of pyridine rings is 1. The standard InChI is InChI=1S/C31H28ClN3O4/c1-20-4-6-21(7-5-20)16-22-8-11-24(12-9-22)39-19-28-34-29-26(14-15-33-30(29)32)31(36)35(28)18-23-10-13-25(37-2)17-27(23)38-3/h4-15,17H,16,18-19H2,1-3H3. The van der Waals surface area contributed by atoms with E-state index < -0.39 is 0 Å². The van der Waals surface area contributed by atoms with Crippen molar-refractivity contribution in [1.82, 2.24) is 14.5 Å². The summed E-state index contributed by atoms with van der Waals surface area (Å²) in [4.78, 5) is 22.4. The minimum absolute atomic E-state index is 0.0617. The molecule has 198 valence electrons. The number of aryl methyl sites for hydroxylation is 1. The average Bonchev–Trinajstić information content (AvgIpc) is 2.96. The van der Waals surface area contributed by atoms with E-state index in [0.29, 0.717) is 34.0 Å². The second-order valence-corrected chi connectivity index (χ2v) is 9.55. The Hall–Kier alpha value is -4.36. The Morgan fingerprint density at radius 3 is 2.26 bits per heavy atom. The highest BCUT2D eigenvalue weighted by atomic mass is 35.5. The van der Waals surface area contributed by atoms with Crippen LogP contribution in [0.5, 0.6) is 17.2 Å². The number of rotatable bonds is 9. The number of nitrogens with zero attached hydrogens (tertiary/aromatic N) is 3. The van der Waals surface area contributed by atoms with Gasteiger partial charge in [-0.05, 0) is 54.8 Å². The lowest BCUT2D eigenvalue weighted by Gasteiger charge is -2.17. The topological polar surface area (TPSA) is 75.5 Å². The quantitative estimate of drug-likeness (QED) is 0.213. The molecule has 0 aliphatic carbocycles. The normalized spacial score (nSPS) is 11.0. The minimum Gasteiger partial charge on any atom is -0.497 e. The summed E-state index contributed by atoms with van der Waals surface area (Å²) < 4.78 is 18.5. The van der Waals surface area contributed by atoms with E-state index in [9.17, 15) is 4.79 Å². The molecule has 0 bridgehead atoms. The van der Waals surface area contributed by atoms with E-state index in [-0.39, 0.29) is 23.9 Å². The Bertz CT molecular complexity index is 1670. The molecule has 8 heteroatoms. The second-order valence-electron chi connectivity index (χ2n) is 9.19. The molecular weight excluding hydrogens is 514 g/mol. The SMILES string of the molecule is COc1ccc(Cn2c(COc3ccc(Cc4ccc(C)cc4)cc3)nc3c(Cl)nccc3c2=O)c(OC)c1. The third-order valence-electron chi connectivity index (χ3n) is 6.55. The van der Waals surface area contributed by atoms with Gasteiger partial charge in [0.25, 0.3) is 5.56 Å². The lowest BCUT2D eigenvalue weighted by molar-refractivity contribution is 0.288. The van der Waals surface area contributed by atoms with Gasteiger partial charge in [0.2, 0.25) is 0 Å². The van der Waals surface area contributed by atoms with E-state index in [4.69, 9.17) is 30.8 Å². The van der Waals surface area contributed by atoms with Crippen molar-refractivity contribution < 1.29 is 14.2 Å². The van der Waals surface area contributed by atoms with Crippen molar-refractivity contribution in [2.75, 3.05) is 14.2 Å². The molecule has 0 spiro atoms. The molecule has 3 aromatic carbocycles. The highest BCUT2D eigenvalue weighted by Gasteiger charge is 2.17. The van der Waals surface area contributed by atoms with Crippen LogP contribution in [-0.4, -0.2) is 28.8 Å². The molecule has 0 aliphatic rings. The Labute approximate surface area is 231 Å². The molecular formula is C31H28ClN3O4. The maximum Gasteiger partial charge on any atom is 0.261 e. The van der Waals surface area contributed by atoms with Gasteiger partial charge in [0, 0.05) is 17.8 Å². The fourth-order valence-electron chi connectivity index (χ4n) is 4.38. The van der Waals surface area contributed by atoms with Crippen LogP contribution in [0.25, 0.3) is 10.9 Å². The predicted octanol–water partition coefficient (Wildman–Crippen LogP) is 5.99. The molecule has 0 atom stereocenters. The molecule has 5 rings (SSSR count). The molecule has 0 amide bonds. The van der Waals surface area contributed by atoms with Crippen LogP contribution < -0.4 is 19.8 Å². The van der Waals surface area contributed by atoms with Crippen molar-refractivity contribution in [2.45, 2.75) is 26.5 Å². The zero-order valence-corrected chi connectivity index (χ0v) is 22.7.